The van der Waals surface area contributed by atoms with Crippen molar-refractivity contribution in [3.05, 3.63) is 65.5 Å². The van der Waals surface area contributed by atoms with Crippen molar-refractivity contribution < 1.29 is 4.39 Å². The maximum absolute atomic E-state index is 13.1. The molecule has 1 fully saturated rings. The van der Waals surface area contributed by atoms with Crippen LogP contribution in [0.5, 0.6) is 0 Å². The molecule has 1 heterocycles. The van der Waals surface area contributed by atoms with E-state index in [0.29, 0.717) is 5.92 Å². The highest BCUT2D eigenvalue weighted by Crippen LogP contribution is 2.30. The number of anilines is 1. The highest BCUT2D eigenvalue weighted by Gasteiger charge is 2.26. The Morgan fingerprint density at radius 3 is 2.36 bits per heavy atom. The highest BCUT2D eigenvalue weighted by atomic mass is 19.1. The van der Waals surface area contributed by atoms with E-state index >= 15 is 0 Å². The van der Waals surface area contributed by atoms with E-state index in [-0.39, 0.29) is 11.9 Å². The number of benzene rings is 2. The molecule has 3 heteroatoms. The van der Waals surface area contributed by atoms with Gasteiger partial charge in [0.05, 0.1) is 0 Å². The summed E-state index contributed by atoms with van der Waals surface area (Å²) in [5, 5.41) is 0. The van der Waals surface area contributed by atoms with Crippen LogP contribution >= 0.6 is 0 Å². The Morgan fingerprint density at radius 2 is 1.73 bits per heavy atom. The van der Waals surface area contributed by atoms with Crippen LogP contribution in [0, 0.1) is 5.82 Å². The molecule has 0 radical (unpaired) electrons. The molecule has 1 saturated heterocycles. The van der Waals surface area contributed by atoms with Crippen LogP contribution < -0.4 is 10.6 Å². The summed E-state index contributed by atoms with van der Waals surface area (Å²) in [5.41, 5.74) is 10.0. The topological polar surface area (TPSA) is 29.3 Å². The van der Waals surface area contributed by atoms with E-state index in [1.165, 1.54) is 23.3 Å². The summed E-state index contributed by atoms with van der Waals surface area (Å²) in [6.45, 7) is 3.93. The number of halogens is 1. The van der Waals surface area contributed by atoms with Gasteiger partial charge in [0.2, 0.25) is 0 Å². The summed E-state index contributed by atoms with van der Waals surface area (Å²) in [4.78, 5) is 2.27. The summed E-state index contributed by atoms with van der Waals surface area (Å²) in [5.74, 6) is 0.233. The Kier molecular flexibility index (Phi) is 4.44. The number of aryl methyl sites for hydroxylation is 1. The molecule has 0 aliphatic carbocycles. The molecule has 116 valence electrons. The molecule has 0 saturated carbocycles. The minimum Gasteiger partial charge on any atom is -0.369 e. The normalized spacial score (nSPS) is 21.9. The Hall–Kier alpha value is -1.87. The third-order valence-corrected chi connectivity index (χ3v) is 4.53. The lowest BCUT2D eigenvalue weighted by Crippen LogP contribution is -2.46. The Bertz CT molecular complexity index is 606. The second-order valence-corrected chi connectivity index (χ2v) is 6.17. The molecule has 0 bridgehead atoms. The van der Waals surface area contributed by atoms with Crippen molar-refractivity contribution in [2.45, 2.75) is 31.7 Å². The first kappa shape index (κ1) is 15.0. The van der Waals surface area contributed by atoms with Crippen molar-refractivity contribution in [3.8, 4) is 0 Å². The van der Waals surface area contributed by atoms with Crippen molar-refractivity contribution >= 4 is 5.69 Å². The zero-order chi connectivity index (χ0) is 15.5. The average Bonchev–Trinajstić information content (AvgIpc) is 2.55. The Morgan fingerprint density at radius 1 is 1.05 bits per heavy atom. The van der Waals surface area contributed by atoms with Gasteiger partial charge in [-0.2, -0.15) is 0 Å². The van der Waals surface area contributed by atoms with Gasteiger partial charge in [-0.15, -0.1) is 0 Å². The zero-order valence-electron chi connectivity index (χ0n) is 13.0. The maximum Gasteiger partial charge on any atom is 0.123 e. The van der Waals surface area contributed by atoms with Crippen molar-refractivity contribution in [3.63, 3.8) is 0 Å². The maximum atomic E-state index is 13.1. The molecular formula is C19H23FN2. The van der Waals surface area contributed by atoms with Gasteiger partial charge in [0, 0.05) is 30.7 Å². The Balaban J connectivity index is 1.79. The average molecular weight is 298 g/mol. The summed E-state index contributed by atoms with van der Waals surface area (Å²) in [6.07, 6.45) is 2.06. The van der Waals surface area contributed by atoms with Gasteiger partial charge in [-0.25, -0.2) is 4.39 Å². The first-order valence-corrected chi connectivity index (χ1v) is 8.00. The fourth-order valence-corrected chi connectivity index (χ4v) is 3.27. The van der Waals surface area contributed by atoms with E-state index in [9.17, 15) is 4.39 Å². The van der Waals surface area contributed by atoms with E-state index in [2.05, 4.69) is 36.1 Å². The lowest BCUT2D eigenvalue weighted by atomic mass is 9.87. The number of hydrogen-bond acceptors (Lipinski definition) is 2. The van der Waals surface area contributed by atoms with Crippen LogP contribution in [0.2, 0.25) is 0 Å². The molecule has 2 N–H and O–H groups in total. The molecule has 2 aromatic rings. The van der Waals surface area contributed by atoms with Gasteiger partial charge in [-0.1, -0.05) is 31.2 Å². The van der Waals surface area contributed by atoms with E-state index in [1.54, 1.807) is 0 Å². The van der Waals surface area contributed by atoms with Gasteiger partial charge in [-0.3, -0.25) is 0 Å². The van der Waals surface area contributed by atoms with Gasteiger partial charge in [-0.05, 0) is 48.2 Å². The zero-order valence-corrected chi connectivity index (χ0v) is 13.0. The molecule has 0 aromatic heterocycles. The van der Waals surface area contributed by atoms with E-state index in [0.717, 1.165) is 31.6 Å². The smallest absolute Gasteiger partial charge is 0.123 e. The molecule has 1 aliphatic heterocycles. The third kappa shape index (κ3) is 3.30. The number of nitrogens with zero attached hydrogens (tertiary/aromatic N) is 1. The van der Waals surface area contributed by atoms with Gasteiger partial charge >= 0.3 is 0 Å². The van der Waals surface area contributed by atoms with Crippen LogP contribution in [-0.4, -0.2) is 19.1 Å². The molecule has 2 aromatic carbocycles. The van der Waals surface area contributed by atoms with Crippen LogP contribution in [0.25, 0.3) is 0 Å². The molecule has 2 unspecified atom stereocenters. The lowest BCUT2D eigenvalue weighted by molar-refractivity contribution is 0.454. The minimum absolute atomic E-state index is 0.148. The molecule has 0 spiro atoms. The number of rotatable bonds is 3. The monoisotopic (exact) mass is 298 g/mol. The SMILES string of the molecule is CCc1ccc(C2CC(N)CN(c3ccc(F)cc3)C2)cc1. The van der Waals surface area contributed by atoms with Crippen LogP contribution in [-0.2, 0) is 6.42 Å². The van der Waals surface area contributed by atoms with Crippen LogP contribution in [0.1, 0.15) is 30.4 Å². The van der Waals surface area contributed by atoms with Gasteiger partial charge in [0.15, 0.2) is 0 Å². The van der Waals surface area contributed by atoms with Gasteiger partial charge in [0.1, 0.15) is 5.82 Å². The molecule has 1 aliphatic rings. The van der Waals surface area contributed by atoms with Crippen molar-refractivity contribution in [1.82, 2.24) is 0 Å². The van der Waals surface area contributed by atoms with E-state index in [4.69, 9.17) is 5.73 Å². The lowest BCUT2D eigenvalue weighted by Gasteiger charge is -2.38. The summed E-state index contributed by atoms with van der Waals surface area (Å²) >= 11 is 0. The van der Waals surface area contributed by atoms with Crippen molar-refractivity contribution in [2.75, 3.05) is 18.0 Å². The van der Waals surface area contributed by atoms with Gasteiger partial charge in [0.25, 0.3) is 0 Å². The largest absolute Gasteiger partial charge is 0.369 e. The summed E-state index contributed by atoms with van der Waals surface area (Å²) < 4.78 is 13.1. The fraction of sp³-hybridized carbons (Fsp3) is 0.368. The second kappa shape index (κ2) is 6.49. The highest BCUT2D eigenvalue weighted by molar-refractivity contribution is 5.48. The van der Waals surface area contributed by atoms with Crippen molar-refractivity contribution in [2.24, 2.45) is 5.73 Å². The van der Waals surface area contributed by atoms with Gasteiger partial charge < -0.3 is 10.6 Å². The molecular weight excluding hydrogens is 275 g/mol. The third-order valence-electron chi connectivity index (χ3n) is 4.53. The second-order valence-electron chi connectivity index (χ2n) is 6.17. The van der Waals surface area contributed by atoms with E-state index < -0.39 is 0 Å². The summed E-state index contributed by atoms with van der Waals surface area (Å²) in [6, 6.07) is 15.7. The standard InChI is InChI=1S/C19H23FN2/c1-2-14-3-5-15(6-4-14)16-11-18(21)13-22(12-16)19-9-7-17(20)8-10-19/h3-10,16,18H,2,11-13,21H2,1H3. The van der Waals surface area contributed by atoms with Crippen LogP contribution in [0.3, 0.4) is 0 Å². The first-order chi connectivity index (χ1) is 10.7. The molecule has 0 amide bonds. The van der Waals surface area contributed by atoms with Crippen LogP contribution in [0.4, 0.5) is 10.1 Å². The predicted octanol–water partition coefficient (Wildman–Crippen LogP) is 3.71. The molecule has 2 atom stereocenters. The molecule has 22 heavy (non-hydrogen) atoms. The number of piperidine rings is 1. The molecule has 2 nitrogen and oxygen atoms in total. The van der Waals surface area contributed by atoms with E-state index in [1.807, 2.05) is 12.1 Å². The summed E-state index contributed by atoms with van der Waals surface area (Å²) in [7, 11) is 0. The minimum atomic E-state index is -0.197. The predicted molar refractivity (Wildman–Crippen MR) is 89.8 cm³/mol. The number of hydrogen-bond donors (Lipinski definition) is 1. The quantitative estimate of drug-likeness (QED) is 0.936. The fourth-order valence-electron chi connectivity index (χ4n) is 3.27. The van der Waals surface area contributed by atoms with Crippen molar-refractivity contribution in [1.29, 1.82) is 0 Å². The Labute approximate surface area is 131 Å². The first-order valence-electron chi connectivity index (χ1n) is 8.00. The number of nitrogens with two attached hydrogens (primary N) is 1. The molecule has 3 rings (SSSR count). The van der Waals surface area contributed by atoms with Crippen LogP contribution in [0.15, 0.2) is 48.5 Å².